The lowest BCUT2D eigenvalue weighted by Gasteiger charge is -2.11. The standard InChI is InChI=1S/C17H16Cl2N2O2/c1-3-16(22)20-11-5-7-13(18)15(9-11)21-17(23)12-6-4-10(2)8-14(12)19/h4-9H,3H2,1-2H3,(H,20,22)(H,21,23). The molecule has 2 aromatic carbocycles. The number of carbonyl (C=O) groups excluding carboxylic acids is 2. The molecule has 2 aromatic rings. The van der Waals surface area contributed by atoms with Crippen LogP contribution in [0.25, 0.3) is 0 Å². The van der Waals surface area contributed by atoms with Gasteiger partial charge in [-0.25, -0.2) is 0 Å². The van der Waals surface area contributed by atoms with E-state index in [1.54, 1.807) is 43.3 Å². The van der Waals surface area contributed by atoms with E-state index in [-0.39, 0.29) is 11.8 Å². The lowest BCUT2D eigenvalue weighted by molar-refractivity contribution is -0.115. The molecule has 0 heterocycles. The highest BCUT2D eigenvalue weighted by Crippen LogP contribution is 2.27. The lowest BCUT2D eigenvalue weighted by atomic mass is 10.1. The molecule has 6 heteroatoms. The molecular formula is C17H16Cl2N2O2. The number of hydrogen-bond donors (Lipinski definition) is 2. The summed E-state index contributed by atoms with van der Waals surface area (Å²) in [5, 5.41) is 6.17. The van der Waals surface area contributed by atoms with Crippen LogP contribution in [0, 0.1) is 6.92 Å². The van der Waals surface area contributed by atoms with Crippen LogP contribution in [0.2, 0.25) is 10.0 Å². The van der Waals surface area contributed by atoms with Crippen LogP contribution in [-0.4, -0.2) is 11.8 Å². The topological polar surface area (TPSA) is 58.2 Å². The second-order valence-corrected chi connectivity index (χ2v) is 5.85. The van der Waals surface area contributed by atoms with E-state index in [1.807, 2.05) is 6.92 Å². The number of nitrogens with one attached hydrogen (secondary N) is 2. The third-order valence-electron chi connectivity index (χ3n) is 3.19. The summed E-state index contributed by atoms with van der Waals surface area (Å²) in [5.74, 6) is -0.484. The molecule has 23 heavy (non-hydrogen) atoms. The van der Waals surface area contributed by atoms with Gasteiger partial charge in [-0.05, 0) is 42.8 Å². The number of amides is 2. The normalized spacial score (nSPS) is 10.3. The monoisotopic (exact) mass is 350 g/mol. The van der Waals surface area contributed by atoms with Gasteiger partial charge in [-0.3, -0.25) is 9.59 Å². The lowest BCUT2D eigenvalue weighted by Crippen LogP contribution is -2.14. The Morgan fingerprint density at radius 1 is 1.00 bits per heavy atom. The molecule has 0 spiro atoms. The predicted octanol–water partition coefficient (Wildman–Crippen LogP) is 4.90. The van der Waals surface area contributed by atoms with Crippen LogP contribution in [0.15, 0.2) is 36.4 Å². The van der Waals surface area contributed by atoms with Crippen LogP contribution in [0.5, 0.6) is 0 Å². The molecule has 0 fully saturated rings. The van der Waals surface area contributed by atoms with Crippen LogP contribution >= 0.6 is 23.2 Å². The van der Waals surface area contributed by atoms with E-state index in [2.05, 4.69) is 10.6 Å². The molecule has 0 aliphatic rings. The van der Waals surface area contributed by atoms with Gasteiger partial charge >= 0.3 is 0 Å². The minimum Gasteiger partial charge on any atom is -0.326 e. The zero-order valence-corrected chi connectivity index (χ0v) is 14.3. The first-order valence-electron chi connectivity index (χ1n) is 7.07. The molecule has 0 atom stereocenters. The fraction of sp³-hybridized carbons (Fsp3) is 0.176. The molecule has 2 rings (SSSR count). The van der Waals surface area contributed by atoms with E-state index in [1.165, 1.54) is 0 Å². The second kappa shape index (κ2) is 7.49. The minimum absolute atomic E-state index is 0.119. The first-order valence-corrected chi connectivity index (χ1v) is 7.83. The Labute approximate surface area is 144 Å². The van der Waals surface area contributed by atoms with Gasteiger partial charge in [-0.2, -0.15) is 0 Å². The van der Waals surface area contributed by atoms with Crippen molar-refractivity contribution in [1.82, 2.24) is 0 Å². The Kier molecular flexibility index (Phi) is 5.64. The smallest absolute Gasteiger partial charge is 0.257 e. The van der Waals surface area contributed by atoms with Crippen molar-refractivity contribution < 1.29 is 9.59 Å². The predicted molar refractivity (Wildman–Crippen MR) is 94.5 cm³/mol. The fourth-order valence-electron chi connectivity index (χ4n) is 1.94. The highest BCUT2D eigenvalue weighted by molar-refractivity contribution is 6.36. The number of rotatable bonds is 4. The van der Waals surface area contributed by atoms with E-state index < -0.39 is 0 Å². The second-order valence-electron chi connectivity index (χ2n) is 5.03. The zero-order valence-electron chi connectivity index (χ0n) is 12.7. The molecule has 0 saturated heterocycles. The summed E-state index contributed by atoms with van der Waals surface area (Å²) < 4.78 is 0. The maximum absolute atomic E-state index is 12.3. The van der Waals surface area contributed by atoms with Gasteiger partial charge in [0.15, 0.2) is 0 Å². The molecule has 2 N–H and O–H groups in total. The first kappa shape index (κ1) is 17.3. The molecule has 0 aliphatic heterocycles. The molecule has 0 aromatic heterocycles. The maximum Gasteiger partial charge on any atom is 0.257 e. The quantitative estimate of drug-likeness (QED) is 0.823. The van der Waals surface area contributed by atoms with Crippen molar-refractivity contribution in [3.8, 4) is 0 Å². The van der Waals surface area contributed by atoms with Crippen LogP contribution in [0.4, 0.5) is 11.4 Å². The number of benzene rings is 2. The molecule has 2 amide bonds. The third-order valence-corrected chi connectivity index (χ3v) is 3.83. The Morgan fingerprint density at radius 3 is 2.39 bits per heavy atom. The van der Waals surface area contributed by atoms with Crippen LogP contribution < -0.4 is 10.6 Å². The summed E-state index contributed by atoms with van der Waals surface area (Å²) in [7, 11) is 0. The van der Waals surface area contributed by atoms with Gasteiger partial charge in [0.2, 0.25) is 5.91 Å². The molecule has 0 bridgehead atoms. The third kappa shape index (κ3) is 4.47. The molecule has 120 valence electrons. The SMILES string of the molecule is CCC(=O)Nc1ccc(Cl)c(NC(=O)c2ccc(C)cc2Cl)c1. The van der Waals surface area contributed by atoms with Gasteiger partial charge in [-0.1, -0.05) is 36.2 Å². The summed E-state index contributed by atoms with van der Waals surface area (Å²) in [6.07, 6.45) is 0.364. The van der Waals surface area contributed by atoms with E-state index in [0.717, 1.165) is 5.56 Å². The van der Waals surface area contributed by atoms with Gasteiger partial charge in [0.05, 0.1) is 21.3 Å². The van der Waals surface area contributed by atoms with Crippen molar-refractivity contribution in [3.05, 3.63) is 57.6 Å². The molecule has 0 unspecified atom stereocenters. The summed E-state index contributed by atoms with van der Waals surface area (Å²) in [5.41, 5.74) is 2.29. The summed E-state index contributed by atoms with van der Waals surface area (Å²) in [4.78, 5) is 23.8. The Bertz CT molecular complexity index is 760. The van der Waals surface area contributed by atoms with Gasteiger partial charge < -0.3 is 10.6 Å². The number of anilines is 2. The molecule has 0 aliphatic carbocycles. The van der Waals surface area contributed by atoms with Crippen LogP contribution in [0.3, 0.4) is 0 Å². The highest BCUT2D eigenvalue weighted by atomic mass is 35.5. The molecule has 0 radical (unpaired) electrons. The fourth-order valence-corrected chi connectivity index (χ4v) is 2.43. The molecule has 0 saturated carbocycles. The number of aryl methyl sites for hydroxylation is 1. The van der Waals surface area contributed by atoms with Crippen molar-refractivity contribution in [1.29, 1.82) is 0 Å². The Balaban J connectivity index is 2.23. The summed E-state index contributed by atoms with van der Waals surface area (Å²) >= 11 is 12.2. The maximum atomic E-state index is 12.3. The van der Waals surface area contributed by atoms with Crippen molar-refractivity contribution in [2.45, 2.75) is 20.3 Å². The van der Waals surface area contributed by atoms with Crippen molar-refractivity contribution in [2.24, 2.45) is 0 Å². The number of halogens is 2. The summed E-state index contributed by atoms with van der Waals surface area (Å²) in [6, 6.07) is 10.1. The average Bonchev–Trinajstić information content (AvgIpc) is 2.50. The van der Waals surface area contributed by atoms with Crippen molar-refractivity contribution >= 4 is 46.4 Å². The molecular weight excluding hydrogens is 335 g/mol. The van der Waals surface area contributed by atoms with Gasteiger partial charge in [-0.15, -0.1) is 0 Å². The van der Waals surface area contributed by atoms with E-state index in [0.29, 0.717) is 33.4 Å². The summed E-state index contributed by atoms with van der Waals surface area (Å²) in [6.45, 7) is 3.65. The number of hydrogen-bond acceptors (Lipinski definition) is 2. The highest BCUT2D eigenvalue weighted by Gasteiger charge is 2.13. The number of carbonyl (C=O) groups is 2. The average molecular weight is 351 g/mol. The van der Waals surface area contributed by atoms with Crippen LogP contribution in [0.1, 0.15) is 29.3 Å². The minimum atomic E-state index is -0.365. The van der Waals surface area contributed by atoms with Gasteiger partial charge in [0.1, 0.15) is 0 Å². The van der Waals surface area contributed by atoms with Gasteiger partial charge in [0, 0.05) is 12.1 Å². The van der Waals surface area contributed by atoms with Crippen LogP contribution in [-0.2, 0) is 4.79 Å². The van der Waals surface area contributed by atoms with Crippen molar-refractivity contribution in [3.63, 3.8) is 0 Å². The van der Waals surface area contributed by atoms with E-state index in [9.17, 15) is 9.59 Å². The largest absolute Gasteiger partial charge is 0.326 e. The van der Waals surface area contributed by atoms with Gasteiger partial charge in [0.25, 0.3) is 5.91 Å². The zero-order chi connectivity index (χ0) is 17.0. The van der Waals surface area contributed by atoms with E-state index >= 15 is 0 Å². The van der Waals surface area contributed by atoms with Crippen molar-refractivity contribution in [2.75, 3.05) is 10.6 Å². The Hall–Kier alpha value is -2.04. The first-order chi connectivity index (χ1) is 10.9. The van der Waals surface area contributed by atoms with E-state index in [4.69, 9.17) is 23.2 Å². The Morgan fingerprint density at radius 2 is 1.74 bits per heavy atom. The molecule has 4 nitrogen and oxygen atoms in total.